The highest BCUT2D eigenvalue weighted by Gasteiger charge is 2.24. The number of amides is 1. The summed E-state index contributed by atoms with van der Waals surface area (Å²) in [6.07, 6.45) is 0.984. The van der Waals surface area contributed by atoms with Crippen LogP contribution in [0.2, 0.25) is 0 Å². The molecule has 128 valence electrons. The Balaban J connectivity index is 2.42. The smallest absolute Gasteiger partial charge is 0.264 e. The number of carbonyl (C=O) groups excluding carboxylic acids is 1. The first-order valence-electron chi connectivity index (χ1n) is 7.76. The summed E-state index contributed by atoms with van der Waals surface area (Å²) in [7, 11) is -2.36. The molecule has 0 unspecified atom stereocenters. The van der Waals surface area contributed by atoms with Crippen LogP contribution in [-0.4, -0.2) is 21.4 Å². The molecule has 2 aromatic carbocycles. The molecule has 0 aromatic heterocycles. The lowest BCUT2D eigenvalue weighted by Gasteiger charge is -2.21. The van der Waals surface area contributed by atoms with Gasteiger partial charge in [-0.2, -0.15) is 0 Å². The largest absolute Gasteiger partial charge is 0.366 e. The summed E-state index contributed by atoms with van der Waals surface area (Å²) < 4.78 is 26.8. The Morgan fingerprint density at radius 3 is 2.25 bits per heavy atom. The van der Waals surface area contributed by atoms with Gasteiger partial charge in [-0.1, -0.05) is 38.1 Å². The van der Waals surface area contributed by atoms with Crippen molar-refractivity contribution in [2.24, 2.45) is 5.73 Å². The maximum Gasteiger partial charge on any atom is 0.264 e. The summed E-state index contributed by atoms with van der Waals surface area (Å²) in [5, 5.41) is 0. The monoisotopic (exact) mass is 346 g/mol. The average Bonchev–Trinajstić information content (AvgIpc) is 2.60. The molecule has 5 nitrogen and oxygen atoms in total. The predicted molar refractivity (Wildman–Crippen MR) is 95.7 cm³/mol. The van der Waals surface area contributed by atoms with Gasteiger partial charge in [-0.3, -0.25) is 9.10 Å². The molecule has 0 aliphatic heterocycles. The summed E-state index contributed by atoms with van der Waals surface area (Å²) in [5.74, 6) is -0.296. The second-order valence-corrected chi connectivity index (χ2v) is 7.70. The lowest BCUT2D eigenvalue weighted by molar-refractivity contribution is 0.100. The summed E-state index contributed by atoms with van der Waals surface area (Å²) >= 11 is 0. The van der Waals surface area contributed by atoms with Crippen LogP contribution in [0.25, 0.3) is 0 Å². The van der Waals surface area contributed by atoms with Gasteiger partial charge < -0.3 is 5.73 Å². The van der Waals surface area contributed by atoms with Gasteiger partial charge in [0.05, 0.1) is 16.1 Å². The highest BCUT2D eigenvalue weighted by molar-refractivity contribution is 7.92. The van der Waals surface area contributed by atoms with Crippen molar-refractivity contribution < 1.29 is 13.2 Å². The van der Waals surface area contributed by atoms with Crippen molar-refractivity contribution in [3.8, 4) is 0 Å². The lowest BCUT2D eigenvalue weighted by atomic mass is 9.99. The van der Waals surface area contributed by atoms with E-state index in [-0.39, 0.29) is 16.1 Å². The van der Waals surface area contributed by atoms with Gasteiger partial charge >= 0.3 is 0 Å². The van der Waals surface area contributed by atoms with Crippen LogP contribution >= 0.6 is 0 Å². The average molecular weight is 346 g/mol. The van der Waals surface area contributed by atoms with E-state index in [1.165, 1.54) is 13.1 Å². The number of benzene rings is 2. The molecule has 0 fully saturated rings. The molecule has 2 rings (SSSR count). The number of hydrogen-bond acceptors (Lipinski definition) is 3. The van der Waals surface area contributed by atoms with Crippen molar-refractivity contribution in [1.29, 1.82) is 0 Å². The van der Waals surface area contributed by atoms with E-state index in [9.17, 15) is 13.2 Å². The summed E-state index contributed by atoms with van der Waals surface area (Å²) in [6, 6.07) is 13.2. The summed E-state index contributed by atoms with van der Waals surface area (Å²) in [4.78, 5) is 11.7. The normalized spacial score (nSPS) is 12.6. The number of carbonyl (C=O) groups is 1. The summed E-state index contributed by atoms with van der Waals surface area (Å²) in [6.45, 7) is 4.18. The van der Waals surface area contributed by atoms with E-state index >= 15 is 0 Å². The van der Waals surface area contributed by atoms with Crippen LogP contribution in [0, 0.1) is 0 Å². The van der Waals surface area contributed by atoms with Crippen molar-refractivity contribution >= 4 is 21.6 Å². The minimum absolute atomic E-state index is 0.166. The fraction of sp³-hybridized carbons (Fsp3) is 0.278. The molecular weight excluding hydrogens is 324 g/mol. The molecule has 24 heavy (non-hydrogen) atoms. The lowest BCUT2D eigenvalue weighted by Crippen LogP contribution is -2.29. The maximum absolute atomic E-state index is 12.8. The van der Waals surface area contributed by atoms with Gasteiger partial charge in [0, 0.05) is 7.05 Å². The quantitative estimate of drug-likeness (QED) is 0.872. The molecule has 0 aliphatic carbocycles. The van der Waals surface area contributed by atoms with E-state index in [1.54, 1.807) is 30.3 Å². The highest BCUT2D eigenvalue weighted by atomic mass is 32.2. The number of nitrogens with zero attached hydrogens (tertiary/aromatic N) is 1. The predicted octanol–water partition coefficient (Wildman–Crippen LogP) is 3.12. The SMILES string of the molecule is CC[C@@H](C)c1ccc(S(=O)(=O)N(C)c2ccccc2C(N)=O)cc1. The number of para-hydroxylation sites is 1. The molecule has 2 N–H and O–H groups in total. The van der Waals surface area contributed by atoms with Gasteiger partial charge in [0.2, 0.25) is 0 Å². The topological polar surface area (TPSA) is 80.5 Å². The summed E-state index contributed by atoms with van der Waals surface area (Å²) in [5.41, 5.74) is 6.86. The van der Waals surface area contributed by atoms with Crippen molar-refractivity contribution in [1.82, 2.24) is 0 Å². The molecule has 1 amide bonds. The van der Waals surface area contributed by atoms with Crippen molar-refractivity contribution in [2.75, 3.05) is 11.4 Å². The zero-order chi connectivity index (χ0) is 17.9. The second-order valence-electron chi connectivity index (χ2n) is 5.73. The Labute approximate surface area is 143 Å². The number of nitrogens with two attached hydrogens (primary N) is 1. The van der Waals surface area contributed by atoms with Gasteiger partial charge in [0.15, 0.2) is 0 Å². The molecular formula is C18H22N2O3S. The number of hydrogen-bond donors (Lipinski definition) is 1. The molecule has 0 bridgehead atoms. The van der Waals surface area contributed by atoms with Crippen LogP contribution in [-0.2, 0) is 10.0 Å². The highest BCUT2D eigenvalue weighted by Crippen LogP contribution is 2.27. The van der Waals surface area contributed by atoms with Crippen LogP contribution < -0.4 is 10.0 Å². The van der Waals surface area contributed by atoms with Crippen LogP contribution in [0.3, 0.4) is 0 Å². The molecule has 0 aliphatic rings. The molecule has 6 heteroatoms. The first kappa shape index (κ1) is 18.0. The van der Waals surface area contributed by atoms with E-state index in [4.69, 9.17) is 5.73 Å². The zero-order valence-electron chi connectivity index (χ0n) is 14.1. The van der Waals surface area contributed by atoms with Gasteiger partial charge in [0.25, 0.3) is 15.9 Å². The zero-order valence-corrected chi connectivity index (χ0v) is 14.9. The third-order valence-electron chi connectivity index (χ3n) is 4.23. The number of primary amides is 1. The van der Waals surface area contributed by atoms with Crippen LogP contribution in [0.15, 0.2) is 53.4 Å². The number of anilines is 1. The molecule has 1 atom stereocenters. The molecule has 0 saturated heterocycles. The van der Waals surface area contributed by atoms with Gasteiger partial charge in [-0.25, -0.2) is 8.42 Å². The van der Waals surface area contributed by atoms with Crippen molar-refractivity contribution in [2.45, 2.75) is 31.1 Å². The molecule has 2 aromatic rings. The first-order valence-corrected chi connectivity index (χ1v) is 9.20. The van der Waals surface area contributed by atoms with Gasteiger partial charge in [-0.15, -0.1) is 0 Å². The van der Waals surface area contributed by atoms with Gasteiger partial charge in [0.1, 0.15) is 0 Å². The minimum atomic E-state index is -3.77. The van der Waals surface area contributed by atoms with Crippen molar-refractivity contribution in [3.63, 3.8) is 0 Å². The Hall–Kier alpha value is -2.34. The standard InChI is InChI=1S/C18H22N2O3S/c1-4-13(2)14-9-11-15(12-10-14)24(22,23)20(3)17-8-6-5-7-16(17)18(19)21/h5-13H,4H2,1-3H3,(H2,19,21)/t13-/m1/s1. The van der Waals surface area contributed by atoms with Crippen LogP contribution in [0.1, 0.15) is 42.1 Å². The van der Waals surface area contributed by atoms with E-state index in [1.807, 2.05) is 12.1 Å². The molecule has 0 radical (unpaired) electrons. The minimum Gasteiger partial charge on any atom is -0.366 e. The van der Waals surface area contributed by atoms with Crippen molar-refractivity contribution in [3.05, 3.63) is 59.7 Å². The Morgan fingerprint density at radius 2 is 1.71 bits per heavy atom. The Morgan fingerprint density at radius 1 is 1.12 bits per heavy atom. The second kappa shape index (κ2) is 7.05. The molecule has 0 saturated carbocycles. The van der Waals surface area contributed by atoms with E-state index in [0.717, 1.165) is 16.3 Å². The first-order chi connectivity index (χ1) is 11.3. The Kier molecular flexibility index (Phi) is 5.29. The van der Waals surface area contributed by atoms with E-state index in [0.29, 0.717) is 5.92 Å². The van der Waals surface area contributed by atoms with Gasteiger partial charge in [-0.05, 0) is 42.2 Å². The van der Waals surface area contributed by atoms with Crippen LogP contribution in [0.5, 0.6) is 0 Å². The fourth-order valence-corrected chi connectivity index (χ4v) is 3.66. The third kappa shape index (κ3) is 3.43. The molecule has 0 heterocycles. The molecule has 0 spiro atoms. The van der Waals surface area contributed by atoms with E-state index < -0.39 is 15.9 Å². The number of rotatable bonds is 6. The number of sulfonamides is 1. The Bertz CT molecular complexity index is 830. The van der Waals surface area contributed by atoms with E-state index in [2.05, 4.69) is 13.8 Å². The fourth-order valence-electron chi connectivity index (χ4n) is 2.45. The third-order valence-corrected chi connectivity index (χ3v) is 6.01. The maximum atomic E-state index is 12.8. The van der Waals surface area contributed by atoms with Crippen LogP contribution in [0.4, 0.5) is 5.69 Å².